The summed E-state index contributed by atoms with van der Waals surface area (Å²) < 4.78 is 20.1. The Bertz CT molecular complexity index is 970. The van der Waals surface area contributed by atoms with Crippen molar-refractivity contribution in [2.45, 2.75) is 32.3 Å². The Kier molecular flexibility index (Phi) is 4.54. The Morgan fingerprint density at radius 2 is 2.15 bits per heavy atom. The molecule has 0 fully saturated rings. The fourth-order valence-electron chi connectivity index (χ4n) is 3.36. The van der Waals surface area contributed by atoms with Crippen molar-refractivity contribution in [3.05, 3.63) is 63.5 Å². The molecule has 2 aromatic carbocycles. The van der Waals surface area contributed by atoms with Crippen LogP contribution in [0.1, 0.15) is 23.2 Å². The average Bonchev–Trinajstić information content (AvgIpc) is 2.98. The van der Waals surface area contributed by atoms with Gasteiger partial charge in [0.15, 0.2) is 5.76 Å². The molecule has 3 aromatic rings. The summed E-state index contributed by atoms with van der Waals surface area (Å²) in [5.74, 6) is 0.183. The van der Waals surface area contributed by atoms with Crippen molar-refractivity contribution in [2.75, 3.05) is 5.32 Å². The van der Waals surface area contributed by atoms with Gasteiger partial charge in [0.25, 0.3) is 6.01 Å². The summed E-state index contributed by atoms with van der Waals surface area (Å²) in [4.78, 5) is 4.43. The Balaban J connectivity index is 1.66. The second kappa shape index (κ2) is 6.85. The van der Waals surface area contributed by atoms with Gasteiger partial charge in [0.2, 0.25) is 0 Å². The number of aromatic nitrogens is 1. The molecule has 0 amide bonds. The van der Waals surface area contributed by atoms with Crippen molar-refractivity contribution in [1.82, 2.24) is 4.98 Å². The molecule has 0 radical (unpaired) electrons. The highest BCUT2D eigenvalue weighted by molar-refractivity contribution is 9.10. The second-order valence-corrected chi connectivity index (χ2v) is 7.38. The van der Waals surface area contributed by atoms with Gasteiger partial charge >= 0.3 is 0 Å². The maximum Gasteiger partial charge on any atom is 0.299 e. The van der Waals surface area contributed by atoms with Gasteiger partial charge < -0.3 is 14.8 Å². The van der Waals surface area contributed by atoms with Crippen LogP contribution in [-0.4, -0.2) is 16.2 Å². The van der Waals surface area contributed by atoms with Crippen molar-refractivity contribution in [1.29, 1.82) is 0 Å². The largest absolute Gasteiger partial charge is 0.423 e. The Hall–Kier alpha value is -2.18. The predicted octanol–water partition coefficient (Wildman–Crippen LogP) is 5.14. The number of aliphatic hydroxyl groups is 1. The van der Waals surface area contributed by atoms with Crippen molar-refractivity contribution in [2.24, 2.45) is 0 Å². The minimum Gasteiger partial charge on any atom is -0.423 e. The molecular formula is C20H18BrFN2O2. The van der Waals surface area contributed by atoms with E-state index in [9.17, 15) is 9.50 Å². The summed E-state index contributed by atoms with van der Waals surface area (Å²) in [5, 5.41) is 13.2. The van der Waals surface area contributed by atoms with Crippen molar-refractivity contribution >= 4 is 27.6 Å². The first-order valence-corrected chi connectivity index (χ1v) is 9.29. The van der Waals surface area contributed by atoms with Gasteiger partial charge in [-0.25, -0.2) is 4.39 Å². The van der Waals surface area contributed by atoms with Crippen molar-refractivity contribution < 1.29 is 13.9 Å². The van der Waals surface area contributed by atoms with E-state index in [1.165, 1.54) is 11.6 Å². The van der Waals surface area contributed by atoms with Crippen LogP contribution >= 0.6 is 15.9 Å². The first-order valence-electron chi connectivity index (χ1n) is 8.50. The van der Waals surface area contributed by atoms with Gasteiger partial charge in [-0.1, -0.05) is 12.1 Å². The van der Waals surface area contributed by atoms with E-state index in [0.717, 1.165) is 24.1 Å². The van der Waals surface area contributed by atoms with E-state index in [1.54, 1.807) is 12.1 Å². The maximum absolute atomic E-state index is 13.8. The number of hydrogen-bond donors (Lipinski definition) is 2. The molecule has 1 heterocycles. The molecule has 0 saturated heterocycles. The molecule has 2 N–H and O–H groups in total. The molecule has 0 saturated carbocycles. The van der Waals surface area contributed by atoms with E-state index in [4.69, 9.17) is 4.42 Å². The topological polar surface area (TPSA) is 58.3 Å². The molecule has 4 nitrogen and oxygen atoms in total. The lowest BCUT2D eigenvalue weighted by Crippen LogP contribution is -2.19. The van der Waals surface area contributed by atoms with E-state index in [0.29, 0.717) is 33.9 Å². The van der Waals surface area contributed by atoms with E-state index >= 15 is 0 Å². The zero-order valence-electron chi connectivity index (χ0n) is 14.2. The number of nitrogens with zero attached hydrogens (tertiary/aromatic N) is 1. The van der Waals surface area contributed by atoms with Crippen LogP contribution in [0.3, 0.4) is 0 Å². The number of halogens is 2. The third-order valence-electron chi connectivity index (χ3n) is 4.68. The zero-order chi connectivity index (χ0) is 18.3. The van der Waals surface area contributed by atoms with Gasteiger partial charge in [-0.15, -0.1) is 0 Å². The van der Waals surface area contributed by atoms with Crippen LogP contribution in [0.2, 0.25) is 0 Å². The molecule has 26 heavy (non-hydrogen) atoms. The summed E-state index contributed by atoms with van der Waals surface area (Å²) in [6.45, 7) is 1.83. The van der Waals surface area contributed by atoms with Gasteiger partial charge in [-0.3, -0.25) is 0 Å². The summed E-state index contributed by atoms with van der Waals surface area (Å²) >= 11 is 3.16. The summed E-state index contributed by atoms with van der Waals surface area (Å²) in [6.07, 6.45) is 1.94. The highest BCUT2D eigenvalue weighted by atomic mass is 79.9. The van der Waals surface area contributed by atoms with E-state index in [2.05, 4.69) is 32.3 Å². The Morgan fingerprint density at radius 1 is 1.31 bits per heavy atom. The fraction of sp³-hybridized carbons (Fsp3) is 0.250. The molecular weight excluding hydrogens is 399 g/mol. The van der Waals surface area contributed by atoms with E-state index in [-0.39, 0.29) is 11.9 Å². The number of aliphatic hydroxyl groups excluding tert-OH is 1. The lowest BCUT2D eigenvalue weighted by atomic mass is 9.88. The van der Waals surface area contributed by atoms with Crippen molar-refractivity contribution in [3.63, 3.8) is 0 Å². The number of fused-ring (bicyclic) bond motifs is 1. The third kappa shape index (κ3) is 3.27. The number of anilines is 2. The van der Waals surface area contributed by atoms with Crippen LogP contribution in [-0.2, 0) is 12.8 Å². The van der Waals surface area contributed by atoms with Gasteiger partial charge in [0.05, 0.1) is 16.3 Å². The predicted molar refractivity (Wildman–Crippen MR) is 102 cm³/mol. The molecule has 0 aliphatic heterocycles. The normalized spacial score (nSPS) is 16.4. The van der Waals surface area contributed by atoms with Gasteiger partial charge in [0, 0.05) is 17.7 Å². The lowest BCUT2D eigenvalue weighted by molar-refractivity contribution is 0.159. The second-order valence-electron chi connectivity index (χ2n) is 6.53. The van der Waals surface area contributed by atoms with Crippen molar-refractivity contribution in [3.8, 4) is 11.3 Å². The monoisotopic (exact) mass is 416 g/mol. The molecule has 1 unspecified atom stereocenters. The van der Waals surface area contributed by atoms with Gasteiger partial charge in [-0.2, -0.15) is 4.98 Å². The number of benzene rings is 2. The van der Waals surface area contributed by atoms with E-state index in [1.807, 2.05) is 19.1 Å². The van der Waals surface area contributed by atoms with Crippen LogP contribution in [0, 0.1) is 12.7 Å². The number of hydrogen-bond acceptors (Lipinski definition) is 4. The highest BCUT2D eigenvalue weighted by Crippen LogP contribution is 2.33. The number of aryl methyl sites for hydroxylation is 2. The molecule has 1 aliphatic carbocycles. The smallest absolute Gasteiger partial charge is 0.299 e. The molecule has 1 aliphatic rings. The molecule has 0 bridgehead atoms. The maximum atomic E-state index is 13.8. The summed E-state index contributed by atoms with van der Waals surface area (Å²) in [6, 6.07) is 11.2. The van der Waals surface area contributed by atoms with Crippen LogP contribution < -0.4 is 5.32 Å². The van der Waals surface area contributed by atoms with E-state index < -0.39 is 0 Å². The zero-order valence-corrected chi connectivity index (χ0v) is 15.8. The lowest BCUT2D eigenvalue weighted by Gasteiger charge is -2.23. The third-order valence-corrected chi connectivity index (χ3v) is 5.32. The van der Waals surface area contributed by atoms with Crippen LogP contribution in [0.15, 0.2) is 45.3 Å². The minimum atomic E-state index is -0.348. The standard InChI is InChI=1S/C20H18BrFN2O2/c1-11-19(13-6-8-16(21)17(22)9-13)26-20(23-11)24-18-4-2-3-12-5-7-14(25)10-15(12)18/h2-4,6,8-9,14,25H,5,7,10H2,1H3,(H,23,24). The average molecular weight is 417 g/mol. The molecule has 134 valence electrons. The highest BCUT2D eigenvalue weighted by Gasteiger charge is 2.20. The molecule has 1 aromatic heterocycles. The van der Waals surface area contributed by atoms with Gasteiger partial charge in [0.1, 0.15) is 5.82 Å². The summed E-state index contributed by atoms with van der Waals surface area (Å²) in [5.41, 5.74) is 4.53. The minimum absolute atomic E-state index is 0.321. The molecule has 0 spiro atoms. The SMILES string of the molecule is Cc1nc(Nc2cccc3c2CC(O)CC3)oc1-c1ccc(Br)c(F)c1. The summed E-state index contributed by atoms with van der Waals surface area (Å²) in [7, 11) is 0. The molecule has 6 heteroatoms. The Labute approximate surface area is 159 Å². The van der Waals surface area contributed by atoms with Crippen LogP contribution in [0.5, 0.6) is 0 Å². The molecule has 1 atom stereocenters. The van der Waals surface area contributed by atoms with Gasteiger partial charge in [-0.05, 0) is 71.1 Å². The van der Waals surface area contributed by atoms with Crippen LogP contribution in [0.4, 0.5) is 16.1 Å². The number of nitrogens with one attached hydrogen (secondary N) is 1. The first-order chi connectivity index (χ1) is 12.5. The number of oxazole rings is 1. The fourth-order valence-corrected chi connectivity index (χ4v) is 3.60. The first kappa shape index (κ1) is 17.2. The quantitative estimate of drug-likeness (QED) is 0.619. The Morgan fingerprint density at radius 3 is 2.96 bits per heavy atom. The number of rotatable bonds is 3. The van der Waals surface area contributed by atoms with Crippen LogP contribution in [0.25, 0.3) is 11.3 Å². The molecule has 4 rings (SSSR count).